The van der Waals surface area contributed by atoms with Crippen LogP contribution >= 0.6 is 11.8 Å². The largest absolute Gasteiger partial charge is 0.497 e. The normalized spacial score (nSPS) is 19.1. The highest BCUT2D eigenvalue weighted by Crippen LogP contribution is 2.34. The van der Waals surface area contributed by atoms with Gasteiger partial charge in [-0.15, -0.1) is 11.8 Å². The minimum absolute atomic E-state index is 0.0261. The lowest BCUT2D eigenvalue weighted by molar-refractivity contribution is -0.146. The smallest absolute Gasteiger partial charge is 0.308 e. The van der Waals surface area contributed by atoms with E-state index in [1.165, 1.54) is 17.8 Å². The maximum Gasteiger partial charge on any atom is 0.308 e. The molecule has 1 unspecified atom stereocenters. The van der Waals surface area contributed by atoms with Gasteiger partial charge in [0, 0.05) is 23.0 Å². The Morgan fingerprint density at radius 3 is 2.89 bits per heavy atom. The highest BCUT2D eigenvalue weighted by Gasteiger charge is 2.34. The monoisotopic (exact) mass is 530 g/mol. The highest BCUT2D eigenvalue weighted by atomic mass is 32.2. The first-order valence-electron chi connectivity index (χ1n) is 12.5. The average Bonchev–Trinajstić information content (AvgIpc) is 2.91. The molecule has 1 fully saturated rings. The number of thioether (sulfide) groups is 1. The Balaban J connectivity index is 1.30. The zero-order valence-corrected chi connectivity index (χ0v) is 21.6. The molecule has 2 aromatic carbocycles. The molecule has 1 aliphatic heterocycles. The van der Waals surface area contributed by atoms with E-state index in [0.717, 1.165) is 41.9 Å². The summed E-state index contributed by atoms with van der Waals surface area (Å²) in [6, 6.07) is 11.5. The number of piperidine rings is 1. The van der Waals surface area contributed by atoms with E-state index in [1.54, 1.807) is 25.4 Å². The Hall–Kier alpha value is -2.75. The van der Waals surface area contributed by atoms with Gasteiger partial charge >= 0.3 is 5.97 Å². The molecule has 3 aromatic rings. The van der Waals surface area contributed by atoms with Crippen molar-refractivity contribution in [2.45, 2.75) is 36.7 Å². The number of nitrogens with zero attached hydrogens (tertiary/aromatic N) is 2. The van der Waals surface area contributed by atoms with E-state index in [0.29, 0.717) is 42.3 Å². The number of aliphatic carboxylic acids is 1. The number of carboxylic acid groups (broad SMARTS) is 1. The van der Waals surface area contributed by atoms with Gasteiger partial charge in [-0.05, 0) is 92.4 Å². The Morgan fingerprint density at radius 1 is 1.27 bits per heavy atom. The summed E-state index contributed by atoms with van der Waals surface area (Å²) in [6.07, 6.45) is 3.49. The van der Waals surface area contributed by atoms with Crippen LogP contribution in [0.15, 0.2) is 53.6 Å². The maximum atomic E-state index is 13.8. The number of hydrogen-bond acceptors (Lipinski definition) is 6. The summed E-state index contributed by atoms with van der Waals surface area (Å²) >= 11 is 1.27. The summed E-state index contributed by atoms with van der Waals surface area (Å²) < 4.78 is 32.5. The number of aliphatic hydroxyl groups excluding tert-OH is 1. The second-order valence-corrected chi connectivity index (χ2v) is 10.6. The van der Waals surface area contributed by atoms with Crippen molar-refractivity contribution < 1.29 is 28.5 Å². The second kappa shape index (κ2) is 12.7. The SMILES string of the molecule is COc1ccc2nccc(C(O)CC[C@@H]3CCN(CCCSc4cccc(F)c4F)C[C@@H]3C(=O)O)c2c1. The van der Waals surface area contributed by atoms with Crippen molar-refractivity contribution in [1.29, 1.82) is 0 Å². The van der Waals surface area contributed by atoms with Crippen LogP contribution in [0.1, 0.15) is 37.4 Å². The molecule has 37 heavy (non-hydrogen) atoms. The fraction of sp³-hybridized carbons (Fsp3) is 0.429. The van der Waals surface area contributed by atoms with Crippen LogP contribution < -0.4 is 4.74 Å². The standard InChI is InChI=1S/C28H32F2N2O4S/c1-36-19-7-8-24-21(16-19)20(10-12-31-24)25(33)9-6-18-11-14-32(17-22(18)28(34)35)13-3-15-37-26-5-2-4-23(29)27(26)30/h2,4-5,7-8,10,12,16,18,22,25,33H,3,6,9,11,13-15,17H2,1H3,(H,34,35)/t18-,22+,25?/m1/s1. The van der Waals surface area contributed by atoms with Gasteiger partial charge in [0.25, 0.3) is 0 Å². The highest BCUT2D eigenvalue weighted by molar-refractivity contribution is 7.99. The van der Waals surface area contributed by atoms with Crippen molar-refractivity contribution in [3.8, 4) is 5.75 Å². The third-order valence-electron chi connectivity index (χ3n) is 7.10. The molecule has 1 aliphatic rings. The molecule has 3 atom stereocenters. The molecule has 0 radical (unpaired) electrons. The van der Waals surface area contributed by atoms with E-state index in [2.05, 4.69) is 9.88 Å². The molecule has 0 bridgehead atoms. The van der Waals surface area contributed by atoms with Gasteiger partial charge in [0.1, 0.15) is 5.75 Å². The third kappa shape index (κ3) is 6.77. The zero-order valence-electron chi connectivity index (χ0n) is 20.8. The lowest BCUT2D eigenvalue weighted by Gasteiger charge is -2.37. The van der Waals surface area contributed by atoms with Crippen LogP contribution in [-0.4, -0.2) is 58.6 Å². The molecule has 0 amide bonds. The van der Waals surface area contributed by atoms with Crippen LogP contribution in [0.25, 0.3) is 10.9 Å². The van der Waals surface area contributed by atoms with Gasteiger partial charge in [0.2, 0.25) is 0 Å². The number of pyridine rings is 1. The fourth-order valence-electron chi connectivity index (χ4n) is 5.05. The number of halogens is 2. The van der Waals surface area contributed by atoms with Gasteiger partial charge in [0.05, 0.1) is 24.6 Å². The number of rotatable bonds is 11. The van der Waals surface area contributed by atoms with Crippen LogP contribution in [0.3, 0.4) is 0 Å². The first-order chi connectivity index (χ1) is 17.9. The van der Waals surface area contributed by atoms with E-state index >= 15 is 0 Å². The topological polar surface area (TPSA) is 82.9 Å². The molecule has 0 spiro atoms. The van der Waals surface area contributed by atoms with Crippen molar-refractivity contribution >= 4 is 28.6 Å². The first-order valence-corrected chi connectivity index (χ1v) is 13.5. The van der Waals surface area contributed by atoms with Crippen molar-refractivity contribution in [3.05, 3.63) is 65.9 Å². The number of hydrogen-bond donors (Lipinski definition) is 2. The number of methoxy groups -OCH3 is 1. The summed E-state index contributed by atoms with van der Waals surface area (Å²) in [6.45, 7) is 1.93. The van der Waals surface area contributed by atoms with Crippen LogP contribution in [0, 0.1) is 23.5 Å². The maximum absolute atomic E-state index is 13.8. The van der Waals surface area contributed by atoms with E-state index < -0.39 is 29.6 Å². The van der Waals surface area contributed by atoms with Gasteiger partial charge < -0.3 is 19.8 Å². The number of carbonyl (C=O) groups is 1. The number of aromatic nitrogens is 1. The Bertz CT molecular complexity index is 1230. The van der Waals surface area contributed by atoms with Gasteiger partial charge in [-0.2, -0.15) is 0 Å². The molecule has 1 aromatic heterocycles. The summed E-state index contributed by atoms with van der Waals surface area (Å²) in [4.78, 5) is 18.9. The molecular weight excluding hydrogens is 498 g/mol. The molecule has 2 heterocycles. The second-order valence-electron chi connectivity index (χ2n) is 9.42. The molecule has 2 N–H and O–H groups in total. The van der Waals surface area contributed by atoms with Gasteiger partial charge in [-0.25, -0.2) is 8.78 Å². The van der Waals surface area contributed by atoms with Gasteiger partial charge in [0.15, 0.2) is 11.6 Å². The summed E-state index contributed by atoms with van der Waals surface area (Å²) in [5.41, 5.74) is 1.54. The molecule has 0 aliphatic carbocycles. The predicted molar refractivity (Wildman–Crippen MR) is 140 cm³/mol. The molecule has 198 valence electrons. The Morgan fingerprint density at radius 2 is 2.11 bits per heavy atom. The number of carboxylic acids is 1. The average molecular weight is 531 g/mol. The fourth-order valence-corrected chi connectivity index (χ4v) is 5.95. The molecule has 0 saturated carbocycles. The minimum atomic E-state index is -0.849. The van der Waals surface area contributed by atoms with E-state index in [1.807, 2.05) is 18.2 Å². The Labute approximate surface area is 219 Å². The zero-order chi connectivity index (χ0) is 26.4. The lowest BCUT2D eigenvalue weighted by atomic mass is 9.81. The van der Waals surface area contributed by atoms with Gasteiger partial charge in [-0.3, -0.25) is 9.78 Å². The van der Waals surface area contributed by atoms with Crippen molar-refractivity contribution in [3.63, 3.8) is 0 Å². The number of fused-ring (bicyclic) bond motifs is 1. The molecular formula is C28H32F2N2O4S. The van der Waals surface area contributed by atoms with E-state index in [4.69, 9.17) is 4.74 Å². The van der Waals surface area contributed by atoms with Crippen LogP contribution in [0.5, 0.6) is 5.75 Å². The summed E-state index contributed by atoms with van der Waals surface area (Å²) in [5, 5.41) is 21.7. The summed E-state index contributed by atoms with van der Waals surface area (Å²) in [7, 11) is 1.59. The predicted octanol–water partition coefficient (Wildman–Crippen LogP) is 5.54. The van der Waals surface area contributed by atoms with Crippen LogP contribution in [0.4, 0.5) is 8.78 Å². The summed E-state index contributed by atoms with van der Waals surface area (Å²) in [5.74, 6) is -1.72. The van der Waals surface area contributed by atoms with Crippen LogP contribution in [-0.2, 0) is 4.79 Å². The van der Waals surface area contributed by atoms with Crippen molar-refractivity contribution in [2.75, 3.05) is 32.5 Å². The van der Waals surface area contributed by atoms with E-state index in [-0.39, 0.29) is 5.92 Å². The molecule has 1 saturated heterocycles. The van der Waals surface area contributed by atoms with Crippen molar-refractivity contribution in [1.82, 2.24) is 9.88 Å². The molecule has 4 rings (SSSR count). The van der Waals surface area contributed by atoms with Crippen molar-refractivity contribution in [2.24, 2.45) is 11.8 Å². The molecule has 6 nitrogen and oxygen atoms in total. The van der Waals surface area contributed by atoms with Crippen LogP contribution in [0.2, 0.25) is 0 Å². The molecule has 9 heteroatoms. The number of benzene rings is 2. The number of likely N-dealkylation sites (tertiary alicyclic amines) is 1. The lowest BCUT2D eigenvalue weighted by Crippen LogP contribution is -2.44. The van der Waals surface area contributed by atoms with E-state index in [9.17, 15) is 23.8 Å². The minimum Gasteiger partial charge on any atom is -0.497 e. The number of ether oxygens (including phenoxy) is 1. The number of aliphatic hydroxyl groups is 1. The Kier molecular flexibility index (Phi) is 9.34. The first kappa shape index (κ1) is 27.3. The van der Waals surface area contributed by atoms with Gasteiger partial charge in [-0.1, -0.05) is 6.07 Å². The quantitative estimate of drug-likeness (QED) is 0.249. The third-order valence-corrected chi connectivity index (χ3v) is 8.22.